The average molecular weight is 301 g/mol. The predicted molar refractivity (Wildman–Crippen MR) is 83.9 cm³/mol. The molecule has 4 heteroatoms. The van der Waals surface area contributed by atoms with E-state index >= 15 is 0 Å². The number of pyridine rings is 1. The van der Waals surface area contributed by atoms with Crippen LogP contribution in [-0.4, -0.2) is 4.98 Å². The molecule has 0 radical (unpaired) electrons. The molecule has 1 heterocycles. The molecule has 1 aromatic carbocycles. The molecule has 0 bridgehead atoms. The van der Waals surface area contributed by atoms with Gasteiger partial charge >= 0.3 is 0 Å². The quantitative estimate of drug-likeness (QED) is 0.783. The lowest BCUT2D eigenvalue weighted by atomic mass is 9.86. The lowest BCUT2D eigenvalue weighted by Gasteiger charge is -2.20. The van der Waals surface area contributed by atoms with Crippen molar-refractivity contribution < 1.29 is 4.74 Å². The average Bonchev–Trinajstić information content (AvgIpc) is 2.42. The molecule has 108 valence electrons. The number of halogens is 1. The third-order valence-electron chi connectivity index (χ3n) is 3.23. The Hall–Kier alpha value is -2.05. The van der Waals surface area contributed by atoms with Crippen LogP contribution in [0, 0.1) is 18.3 Å². The van der Waals surface area contributed by atoms with Crippen LogP contribution < -0.4 is 4.74 Å². The van der Waals surface area contributed by atoms with Gasteiger partial charge in [0.2, 0.25) is 5.88 Å². The maximum atomic E-state index is 8.97. The molecule has 2 rings (SSSR count). The molecule has 21 heavy (non-hydrogen) atoms. The summed E-state index contributed by atoms with van der Waals surface area (Å²) < 4.78 is 5.76. The van der Waals surface area contributed by atoms with Crippen molar-refractivity contribution in [3.63, 3.8) is 0 Å². The second kappa shape index (κ2) is 5.75. The smallest absolute Gasteiger partial charge is 0.239 e. The molecule has 0 aliphatic rings. The van der Waals surface area contributed by atoms with Gasteiger partial charge in [-0.25, -0.2) is 4.98 Å². The minimum Gasteiger partial charge on any atom is -0.437 e. The van der Waals surface area contributed by atoms with E-state index in [0.717, 1.165) is 5.56 Å². The van der Waals surface area contributed by atoms with Gasteiger partial charge in [0.1, 0.15) is 16.8 Å². The van der Waals surface area contributed by atoms with Crippen molar-refractivity contribution in [3.05, 3.63) is 52.2 Å². The number of hydrogen-bond donors (Lipinski definition) is 0. The molecule has 0 spiro atoms. The normalized spacial score (nSPS) is 11.0. The van der Waals surface area contributed by atoms with Crippen LogP contribution in [0.25, 0.3) is 0 Å². The van der Waals surface area contributed by atoms with E-state index in [-0.39, 0.29) is 16.3 Å². The van der Waals surface area contributed by atoms with Crippen molar-refractivity contribution >= 4 is 11.6 Å². The lowest BCUT2D eigenvalue weighted by molar-refractivity contribution is 0.458. The van der Waals surface area contributed by atoms with Crippen LogP contribution in [0.15, 0.2) is 30.5 Å². The van der Waals surface area contributed by atoms with Crippen LogP contribution in [0.5, 0.6) is 11.6 Å². The van der Waals surface area contributed by atoms with E-state index in [1.165, 1.54) is 11.8 Å². The van der Waals surface area contributed by atoms with E-state index in [9.17, 15) is 0 Å². The van der Waals surface area contributed by atoms with Crippen LogP contribution in [-0.2, 0) is 5.41 Å². The third-order valence-corrected chi connectivity index (χ3v) is 3.59. The van der Waals surface area contributed by atoms with Crippen molar-refractivity contribution in [2.24, 2.45) is 0 Å². The number of nitriles is 1. The Morgan fingerprint density at radius 3 is 2.52 bits per heavy atom. The van der Waals surface area contributed by atoms with E-state index < -0.39 is 0 Å². The zero-order valence-corrected chi connectivity index (χ0v) is 13.3. The van der Waals surface area contributed by atoms with E-state index in [2.05, 4.69) is 31.8 Å². The third kappa shape index (κ3) is 3.34. The number of benzene rings is 1. The first kappa shape index (κ1) is 15.3. The van der Waals surface area contributed by atoms with Crippen molar-refractivity contribution in [1.29, 1.82) is 5.26 Å². The number of rotatable bonds is 2. The molecule has 3 nitrogen and oxygen atoms in total. The SMILES string of the molecule is Cc1cc(C(C)(C)C)ccc1Oc1nccc(C#N)c1Cl. The van der Waals surface area contributed by atoms with Crippen LogP contribution in [0.3, 0.4) is 0 Å². The molecule has 0 amide bonds. The van der Waals surface area contributed by atoms with Gasteiger partial charge in [0, 0.05) is 6.20 Å². The Morgan fingerprint density at radius 2 is 1.95 bits per heavy atom. The van der Waals surface area contributed by atoms with Gasteiger partial charge in [0.05, 0.1) is 5.56 Å². The van der Waals surface area contributed by atoms with Gasteiger partial charge in [0.15, 0.2) is 0 Å². The van der Waals surface area contributed by atoms with Gasteiger partial charge in [0.25, 0.3) is 0 Å². The fourth-order valence-corrected chi connectivity index (χ4v) is 2.11. The summed E-state index contributed by atoms with van der Waals surface area (Å²) in [6.45, 7) is 8.47. The van der Waals surface area contributed by atoms with Crippen LogP contribution in [0.4, 0.5) is 0 Å². The molecule has 0 atom stereocenters. The monoisotopic (exact) mass is 300 g/mol. The molecule has 0 N–H and O–H groups in total. The summed E-state index contributed by atoms with van der Waals surface area (Å²) in [6.07, 6.45) is 1.51. The topological polar surface area (TPSA) is 45.9 Å². The standard InChI is InChI=1S/C17H17ClN2O/c1-11-9-13(17(2,3)4)5-6-14(11)21-16-15(18)12(10-19)7-8-20-16/h5-9H,1-4H3. The van der Waals surface area contributed by atoms with Gasteiger partial charge in [-0.2, -0.15) is 5.26 Å². The van der Waals surface area contributed by atoms with Gasteiger partial charge in [-0.05, 0) is 35.6 Å². The summed E-state index contributed by atoms with van der Waals surface area (Å²) in [5, 5.41) is 9.21. The summed E-state index contributed by atoms with van der Waals surface area (Å²) in [4.78, 5) is 4.09. The number of hydrogen-bond acceptors (Lipinski definition) is 3. The maximum Gasteiger partial charge on any atom is 0.239 e. The van der Waals surface area contributed by atoms with Gasteiger partial charge in [-0.3, -0.25) is 0 Å². The molecule has 2 aromatic rings. The summed E-state index contributed by atoms with van der Waals surface area (Å²) in [5.74, 6) is 0.940. The highest BCUT2D eigenvalue weighted by Gasteiger charge is 2.16. The van der Waals surface area contributed by atoms with E-state index in [1.54, 1.807) is 6.07 Å². The molecule has 0 aliphatic carbocycles. The molecule has 0 saturated heterocycles. The number of aryl methyl sites for hydroxylation is 1. The summed E-state index contributed by atoms with van der Waals surface area (Å²) in [7, 11) is 0. The van der Waals surface area contributed by atoms with E-state index in [1.807, 2.05) is 25.1 Å². The first-order chi connectivity index (χ1) is 9.82. The van der Waals surface area contributed by atoms with Crippen LogP contribution in [0.2, 0.25) is 5.02 Å². The Balaban J connectivity index is 2.36. The molecular weight excluding hydrogens is 284 g/mol. The van der Waals surface area contributed by atoms with E-state index in [4.69, 9.17) is 21.6 Å². The van der Waals surface area contributed by atoms with Crippen LogP contribution >= 0.6 is 11.6 Å². The minimum atomic E-state index is 0.0832. The largest absolute Gasteiger partial charge is 0.437 e. The lowest BCUT2D eigenvalue weighted by Crippen LogP contribution is -2.11. The Kier molecular flexibility index (Phi) is 4.20. The molecule has 1 aromatic heterocycles. The summed E-state index contributed by atoms with van der Waals surface area (Å²) >= 11 is 6.11. The molecular formula is C17H17ClN2O. The molecule has 0 aliphatic heterocycles. The fraction of sp³-hybridized carbons (Fsp3) is 0.294. The number of ether oxygens (including phenoxy) is 1. The van der Waals surface area contributed by atoms with Crippen molar-refractivity contribution in [2.45, 2.75) is 33.1 Å². The highest BCUT2D eigenvalue weighted by molar-refractivity contribution is 6.33. The molecule has 0 fully saturated rings. The fourth-order valence-electron chi connectivity index (χ4n) is 1.92. The maximum absolute atomic E-state index is 8.97. The first-order valence-electron chi connectivity index (χ1n) is 6.66. The second-order valence-corrected chi connectivity index (χ2v) is 6.30. The summed E-state index contributed by atoms with van der Waals surface area (Å²) in [5.41, 5.74) is 2.67. The van der Waals surface area contributed by atoms with Gasteiger partial charge in [-0.15, -0.1) is 0 Å². The number of nitrogens with zero attached hydrogens (tertiary/aromatic N) is 2. The van der Waals surface area contributed by atoms with Crippen molar-refractivity contribution in [3.8, 4) is 17.7 Å². The highest BCUT2D eigenvalue weighted by Crippen LogP contribution is 2.33. The van der Waals surface area contributed by atoms with Gasteiger partial charge < -0.3 is 4.74 Å². The Bertz CT molecular complexity index is 712. The van der Waals surface area contributed by atoms with Crippen molar-refractivity contribution in [2.75, 3.05) is 0 Å². The Morgan fingerprint density at radius 1 is 1.24 bits per heavy atom. The van der Waals surface area contributed by atoms with E-state index in [0.29, 0.717) is 11.3 Å². The Labute approximate surface area is 130 Å². The predicted octanol–water partition coefficient (Wildman–Crippen LogP) is 5.00. The second-order valence-electron chi connectivity index (χ2n) is 5.92. The molecule has 0 saturated carbocycles. The van der Waals surface area contributed by atoms with Gasteiger partial charge in [-0.1, -0.05) is 44.5 Å². The minimum absolute atomic E-state index is 0.0832. The van der Waals surface area contributed by atoms with Crippen LogP contribution in [0.1, 0.15) is 37.5 Å². The summed E-state index contributed by atoms with van der Waals surface area (Å²) in [6, 6.07) is 9.61. The highest BCUT2D eigenvalue weighted by atomic mass is 35.5. The zero-order valence-electron chi connectivity index (χ0n) is 12.6. The zero-order chi connectivity index (χ0) is 15.6. The van der Waals surface area contributed by atoms with Crippen molar-refractivity contribution in [1.82, 2.24) is 4.98 Å². The molecule has 0 unspecified atom stereocenters. The number of aromatic nitrogens is 1. The first-order valence-corrected chi connectivity index (χ1v) is 7.04.